The van der Waals surface area contributed by atoms with E-state index in [-0.39, 0.29) is 49.0 Å². The van der Waals surface area contributed by atoms with Crippen LogP contribution in [0.1, 0.15) is 5.56 Å². The predicted molar refractivity (Wildman–Crippen MR) is 120 cm³/mol. The number of aliphatic hydroxyl groups is 1. The van der Waals surface area contributed by atoms with E-state index in [1.54, 1.807) is 48.5 Å². The largest absolute Gasteiger partial charge is 0.493 e. The first-order valence-corrected chi connectivity index (χ1v) is 11.3. The minimum absolute atomic E-state index is 0.0506. The van der Waals surface area contributed by atoms with Crippen LogP contribution in [-0.4, -0.2) is 50.9 Å². The molecule has 33 heavy (non-hydrogen) atoms. The van der Waals surface area contributed by atoms with E-state index >= 15 is 0 Å². The normalized spacial score (nSPS) is 11.0. The summed E-state index contributed by atoms with van der Waals surface area (Å²) in [6.07, 6.45) is 0. The zero-order chi connectivity index (χ0) is 23.7. The van der Waals surface area contributed by atoms with Crippen LogP contribution >= 0.6 is 0 Å². The average Bonchev–Trinajstić information content (AvgIpc) is 2.83. The molecular weight excluding hydrogens is 452 g/mol. The Kier molecular flexibility index (Phi) is 8.24. The first-order chi connectivity index (χ1) is 16.0. The smallest absolute Gasteiger partial charge is 0.321 e. The maximum absolute atomic E-state index is 12.7. The van der Waals surface area contributed by atoms with Gasteiger partial charge in [-0.2, -0.15) is 23.1 Å². The van der Waals surface area contributed by atoms with E-state index in [0.717, 1.165) is 5.56 Å². The molecular formula is C21H24N4O7S. The third-order valence-electron chi connectivity index (χ3n) is 4.15. The quantitative estimate of drug-likeness (QED) is 0.358. The van der Waals surface area contributed by atoms with Crippen LogP contribution in [-0.2, 0) is 16.8 Å². The van der Waals surface area contributed by atoms with Crippen molar-refractivity contribution in [3.63, 3.8) is 0 Å². The second-order valence-corrected chi connectivity index (χ2v) is 7.93. The Morgan fingerprint density at radius 3 is 2.30 bits per heavy atom. The van der Waals surface area contributed by atoms with Crippen molar-refractivity contribution in [2.45, 2.75) is 6.54 Å². The molecule has 3 aromatic rings. The molecule has 0 saturated carbocycles. The van der Waals surface area contributed by atoms with Crippen LogP contribution < -0.4 is 28.4 Å². The molecule has 0 fully saturated rings. The standard InChI is InChI=1S/C21H24N4O7S/c1-29-16-10-6-7-11-17(16)32-18-19(23-21(30-2)24-20(18)31-13-12-26)25-33(27,28)22-14-15-8-4-3-5-9-15/h3-11,22,26H,12-14H2,1-2H3,(H,23,24,25). The molecule has 2 aromatic carbocycles. The summed E-state index contributed by atoms with van der Waals surface area (Å²) in [5.41, 5.74) is 0.764. The molecule has 1 aromatic heterocycles. The van der Waals surface area contributed by atoms with Crippen LogP contribution in [0.4, 0.5) is 5.82 Å². The van der Waals surface area contributed by atoms with Gasteiger partial charge in [-0.25, -0.2) is 0 Å². The molecule has 12 heteroatoms. The van der Waals surface area contributed by atoms with Crippen molar-refractivity contribution in [1.29, 1.82) is 0 Å². The van der Waals surface area contributed by atoms with E-state index in [9.17, 15) is 8.42 Å². The third kappa shape index (κ3) is 6.68. The van der Waals surface area contributed by atoms with Crippen LogP contribution in [0.3, 0.4) is 0 Å². The number of rotatable bonds is 12. The number of nitrogens with one attached hydrogen (secondary N) is 2. The minimum atomic E-state index is -4.09. The average molecular weight is 477 g/mol. The van der Waals surface area contributed by atoms with Gasteiger partial charge in [0.25, 0.3) is 5.88 Å². The molecule has 0 radical (unpaired) electrons. The molecule has 0 amide bonds. The van der Waals surface area contributed by atoms with Gasteiger partial charge in [-0.15, -0.1) is 0 Å². The van der Waals surface area contributed by atoms with Crippen LogP contribution in [0.15, 0.2) is 54.6 Å². The summed E-state index contributed by atoms with van der Waals surface area (Å²) in [5, 5.41) is 9.17. The van der Waals surface area contributed by atoms with Crippen molar-refractivity contribution < 1.29 is 32.5 Å². The highest BCUT2D eigenvalue weighted by Crippen LogP contribution is 2.40. The van der Waals surface area contributed by atoms with Crippen molar-refractivity contribution in [3.8, 4) is 29.1 Å². The van der Waals surface area contributed by atoms with Crippen molar-refractivity contribution in [2.75, 3.05) is 32.2 Å². The minimum Gasteiger partial charge on any atom is -0.493 e. The van der Waals surface area contributed by atoms with Gasteiger partial charge in [0.15, 0.2) is 17.3 Å². The van der Waals surface area contributed by atoms with Crippen molar-refractivity contribution in [2.24, 2.45) is 0 Å². The summed E-state index contributed by atoms with van der Waals surface area (Å²) in [6.45, 7) is -0.379. The van der Waals surface area contributed by atoms with E-state index in [2.05, 4.69) is 19.4 Å². The molecule has 0 aliphatic heterocycles. The third-order valence-corrected chi connectivity index (χ3v) is 5.13. The molecule has 0 bridgehead atoms. The number of aromatic nitrogens is 2. The Morgan fingerprint density at radius 2 is 1.64 bits per heavy atom. The zero-order valence-corrected chi connectivity index (χ0v) is 18.8. The molecule has 0 saturated heterocycles. The molecule has 0 aliphatic carbocycles. The van der Waals surface area contributed by atoms with Crippen molar-refractivity contribution >= 4 is 16.0 Å². The second-order valence-electron chi connectivity index (χ2n) is 6.43. The van der Waals surface area contributed by atoms with Crippen molar-refractivity contribution in [1.82, 2.24) is 14.7 Å². The molecule has 3 rings (SSSR count). The van der Waals surface area contributed by atoms with E-state index in [1.165, 1.54) is 14.2 Å². The lowest BCUT2D eigenvalue weighted by Crippen LogP contribution is -2.30. The monoisotopic (exact) mass is 476 g/mol. The van der Waals surface area contributed by atoms with Gasteiger partial charge in [-0.1, -0.05) is 42.5 Å². The number of hydrogen-bond donors (Lipinski definition) is 3. The van der Waals surface area contributed by atoms with E-state index in [0.29, 0.717) is 5.75 Å². The Labute approximate surface area is 191 Å². The Bertz CT molecular complexity index is 1160. The Balaban J connectivity index is 1.97. The molecule has 1 heterocycles. The number of aliphatic hydroxyl groups excluding tert-OH is 1. The summed E-state index contributed by atoms with van der Waals surface area (Å²) in [5.74, 6) is 0.139. The van der Waals surface area contributed by atoms with Gasteiger partial charge in [-0.05, 0) is 17.7 Å². The highest BCUT2D eigenvalue weighted by molar-refractivity contribution is 7.90. The second kappa shape index (κ2) is 11.3. The van der Waals surface area contributed by atoms with Crippen molar-refractivity contribution in [3.05, 3.63) is 60.2 Å². The summed E-state index contributed by atoms with van der Waals surface area (Å²) in [4.78, 5) is 8.16. The number of nitrogens with zero attached hydrogens (tertiary/aromatic N) is 2. The maximum Gasteiger partial charge on any atom is 0.321 e. The van der Waals surface area contributed by atoms with Gasteiger partial charge < -0.3 is 24.1 Å². The van der Waals surface area contributed by atoms with Crippen LogP contribution in [0.2, 0.25) is 0 Å². The summed E-state index contributed by atoms with van der Waals surface area (Å²) in [6, 6.07) is 15.6. The van der Waals surface area contributed by atoms with Gasteiger partial charge in [0.2, 0.25) is 5.75 Å². The maximum atomic E-state index is 12.7. The zero-order valence-electron chi connectivity index (χ0n) is 18.0. The lowest BCUT2D eigenvalue weighted by Gasteiger charge is -2.17. The van der Waals surface area contributed by atoms with Crippen LogP contribution in [0, 0.1) is 0 Å². The van der Waals surface area contributed by atoms with Gasteiger partial charge in [0.1, 0.15) is 6.61 Å². The Hall–Kier alpha value is -3.61. The molecule has 176 valence electrons. The molecule has 0 unspecified atom stereocenters. The Morgan fingerprint density at radius 1 is 0.939 bits per heavy atom. The SMILES string of the molecule is COc1nc(NS(=O)(=O)NCc2ccccc2)c(Oc2ccccc2OC)c(OCCO)n1. The first kappa shape index (κ1) is 24.0. The highest BCUT2D eigenvalue weighted by atomic mass is 32.2. The molecule has 0 atom stereocenters. The predicted octanol–water partition coefficient (Wildman–Crippen LogP) is 2.10. The fourth-order valence-electron chi connectivity index (χ4n) is 2.65. The highest BCUT2D eigenvalue weighted by Gasteiger charge is 2.24. The summed E-state index contributed by atoms with van der Waals surface area (Å²) < 4.78 is 52.0. The number of para-hydroxylation sites is 2. The lowest BCUT2D eigenvalue weighted by molar-refractivity contribution is 0.190. The van der Waals surface area contributed by atoms with Gasteiger partial charge >= 0.3 is 16.2 Å². The van der Waals surface area contributed by atoms with E-state index in [4.69, 9.17) is 24.1 Å². The van der Waals surface area contributed by atoms with Gasteiger partial charge in [0.05, 0.1) is 20.8 Å². The fourth-order valence-corrected chi connectivity index (χ4v) is 3.48. The first-order valence-electron chi connectivity index (χ1n) is 9.77. The van der Waals surface area contributed by atoms with E-state index < -0.39 is 10.2 Å². The van der Waals surface area contributed by atoms with Crippen LogP contribution in [0.25, 0.3) is 0 Å². The van der Waals surface area contributed by atoms with E-state index in [1.807, 2.05) is 6.07 Å². The number of benzene rings is 2. The lowest BCUT2D eigenvalue weighted by atomic mass is 10.2. The summed E-state index contributed by atoms with van der Waals surface area (Å²) in [7, 11) is -1.30. The van der Waals surface area contributed by atoms with Gasteiger partial charge in [-0.3, -0.25) is 4.72 Å². The number of anilines is 1. The fraction of sp³-hybridized carbons (Fsp3) is 0.238. The molecule has 3 N–H and O–H groups in total. The number of ether oxygens (including phenoxy) is 4. The molecule has 0 spiro atoms. The topological polar surface area (TPSA) is 141 Å². The molecule has 11 nitrogen and oxygen atoms in total. The number of methoxy groups -OCH3 is 2. The molecule has 0 aliphatic rings. The number of hydrogen-bond acceptors (Lipinski definition) is 9. The van der Waals surface area contributed by atoms with Crippen LogP contribution in [0.5, 0.6) is 29.1 Å². The summed E-state index contributed by atoms with van der Waals surface area (Å²) >= 11 is 0. The van der Waals surface area contributed by atoms with Gasteiger partial charge in [0, 0.05) is 6.54 Å².